The van der Waals surface area contributed by atoms with Crippen molar-refractivity contribution in [3.63, 3.8) is 0 Å². The summed E-state index contributed by atoms with van der Waals surface area (Å²) < 4.78 is 36.3. The highest BCUT2D eigenvalue weighted by Crippen LogP contribution is 2.27. The average molecular weight is 412 g/mol. The second-order valence-electron chi connectivity index (χ2n) is 6.75. The van der Waals surface area contributed by atoms with Crippen LogP contribution in [0.5, 0.6) is 11.5 Å². The van der Waals surface area contributed by atoms with Crippen LogP contribution in [0.15, 0.2) is 78.0 Å². The fourth-order valence-electron chi connectivity index (χ4n) is 2.89. The predicted octanol–water partition coefficient (Wildman–Crippen LogP) is 5.16. The molecule has 0 aliphatic rings. The minimum Gasteiger partial charge on any atom is -0.489 e. The van der Waals surface area contributed by atoms with Gasteiger partial charge >= 0.3 is 10.1 Å². The number of benzene rings is 2. The topological polar surface area (TPSA) is 65.5 Å². The Balaban J connectivity index is 1.81. The predicted molar refractivity (Wildman–Crippen MR) is 112 cm³/mol. The summed E-state index contributed by atoms with van der Waals surface area (Å²) in [4.78, 5) is 3.88. The lowest BCUT2D eigenvalue weighted by Crippen LogP contribution is -2.11. The molecule has 0 fully saturated rings. The number of unbranched alkanes of at least 4 members (excludes halogenated alkanes) is 2. The van der Waals surface area contributed by atoms with E-state index in [2.05, 4.69) is 11.9 Å². The Morgan fingerprint density at radius 2 is 1.62 bits per heavy atom. The SMILES string of the molecule is CCCCCc1cc(OCc2ccccc2)cc(OS(=O)(=O)c2ccccn2)c1. The van der Waals surface area contributed by atoms with Gasteiger partial charge in [-0.05, 0) is 48.2 Å². The van der Waals surface area contributed by atoms with Gasteiger partial charge in [-0.1, -0.05) is 56.2 Å². The van der Waals surface area contributed by atoms with Crippen LogP contribution in [0.4, 0.5) is 0 Å². The molecule has 0 bridgehead atoms. The van der Waals surface area contributed by atoms with E-state index in [-0.39, 0.29) is 10.8 Å². The molecule has 0 unspecified atom stereocenters. The Kier molecular flexibility index (Phi) is 7.25. The Labute approximate surface area is 172 Å². The molecule has 0 amide bonds. The van der Waals surface area contributed by atoms with Crippen LogP contribution in [0.2, 0.25) is 0 Å². The van der Waals surface area contributed by atoms with Crippen LogP contribution in [-0.2, 0) is 23.1 Å². The van der Waals surface area contributed by atoms with Gasteiger partial charge in [-0.25, -0.2) is 4.98 Å². The number of ether oxygens (including phenoxy) is 1. The molecule has 0 atom stereocenters. The van der Waals surface area contributed by atoms with Crippen LogP contribution >= 0.6 is 0 Å². The average Bonchev–Trinajstić information content (AvgIpc) is 2.73. The van der Waals surface area contributed by atoms with E-state index >= 15 is 0 Å². The summed E-state index contributed by atoms with van der Waals surface area (Å²) >= 11 is 0. The third-order valence-electron chi connectivity index (χ3n) is 4.36. The second-order valence-corrected chi connectivity index (χ2v) is 8.24. The quantitative estimate of drug-likeness (QED) is 0.340. The summed E-state index contributed by atoms with van der Waals surface area (Å²) in [5.74, 6) is 0.807. The minimum absolute atomic E-state index is 0.122. The lowest BCUT2D eigenvalue weighted by atomic mass is 10.1. The molecule has 0 saturated carbocycles. The first kappa shape index (κ1) is 20.9. The Morgan fingerprint density at radius 3 is 2.34 bits per heavy atom. The number of nitrogens with zero attached hydrogens (tertiary/aromatic N) is 1. The van der Waals surface area contributed by atoms with Crippen LogP contribution in [0, 0.1) is 0 Å². The molecule has 3 rings (SSSR count). The first-order valence-corrected chi connectivity index (χ1v) is 11.1. The van der Waals surface area contributed by atoms with Gasteiger partial charge in [0.2, 0.25) is 0 Å². The van der Waals surface area contributed by atoms with Crippen molar-refractivity contribution >= 4 is 10.1 Å². The maximum absolute atomic E-state index is 12.5. The maximum atomic E-state index is 12.5. The Morgan fingerprint density at radius 1 is 0.862 bits per heavy atom. The molecule has 3 aromatic rings. The fourth-order valence-corrected chi connectivity index (χ4v) is 3.76. The standard InChI is InChI=1S/C23H25NO4S/c1-2-3-5-12-20-15-21(27-18-19-10-6-4-7-11-19)17-22(16-20)28-29(25,26)23-13-8-9-14-24-23/h4,6-11,13-17H,2-3,5,12,18H2,1H3. The molecular formula is C23H25NO4S. The van der Waals surface area contributed by atoms with Crippen molar-refractivity contribution in [2.75, 3.05) is 0 Å². The number of aryl methyl sites for hydroxylation is 1. The van der Waals surface area contributed by atoms with Gasteiger partial charge in [-0.2, -0.15) is 8.42 Å². The van der Waals surface area contributed by atoms with Gasteiger partial charge in [0.15, 0.2) is 5.03 Å². The molecule has 0 spiro atoms. The lowest BCUT2D eigenvalue weighted by Gasteiger charge is -2.12. The molecule has 6 heteroatoms. The zero-order valence-electron chi connectivity index (χ0n) is 16.5. The third kappa shape index (κ3) is 6.32. The molecule has 5 nitrogen and oxygen atoms in total. The van der Waals surface area contributed by atoms with Crippen molar-refractivity contribution in [1.29, 1.82) is 0 Å². The zero-order valence-corrected chi connectivity index (χ0v) is 17.3. The largest absolute Gasteiger partial charge is 0.489 e. The highest BCUT2D eigenvalue weighted by Gasteiger charge is 2.18. The molecule has 152 valence electrons. The molecular weight excluding hydrogens is 386 g/mol. The summed E-state index contributed by atoms with van der Waals surface area (Å²) in [6, 6.07) is 19.8. The summed E-state index contributed by atoms with van der Waals surface area (Å²) in [7, 11) is -4.01. The number of hydrogen-bond acceptors (Lipinski definition) is 5. The van der Waals surface area contributed by atoms with Crippen molar-refractivity contribution in [3.05, 3.63) is 84.1 Å². The van der Waals surface area contributed by atoms with Gasteiger partial charge < -0.3 is 8.92 Å². The molecule has 29 heavy (non-hydrogen) atoms. The van der Waals surface area contributed by atoms with E-state index < -0.39 is 10.1 Å². The maximum Gasteiger partial charge on any atom is 0.356 e. The van der Waals surface area contributed by atoms with Crippen LogP contribution in [0.1, 0.15) is 37.3 Å². The number of rotatable bonds is 10. The van der Waals surface area contributed by atoms with E-state index in [0.717, 1.165) is 36.8 Å². The molecule has 0 saturated heterocycles. The molecule has 1 aromatic heterocycles. The van der Waals surface area contributed by atoms with E-state index in [4.69, 9.17) is 8.92 Å². The second kappa shape index (κ2) is 10.1. The number of pyridine rings is 1. The van der Waals surface area contributed by atoms with Gasteiger partial charge in [0, 0.05) is 12.3 Å². The molecule has 0 aliphatic carbocycles. The van der Waals surface area contributed by atoms with Crippen LogP contribution < -0.4 is 8.92 Å². The molecule has 0 aliphatic heterocycles. The summed E-state index contributed by atoms with van der Waals surface area (Å²) in [5.41, 5.74) is 2.02. The van der Waals surface area contributed by atoms with Crippen LogP contribution in [0.25, 0.3) is 0 Å². The summed E-state index contributed by atoms with van der Waals surface area (Å²) in [5, 5.41) is -0.122. The summed E-state index contributed by atoms with van der Waals surface area (Å²) in [6.07, 6.45) is 5.49. The molecule has 2 aromatic carbocycles. The van der Waals surface area contributed by atoms with E-state index in [1.807, 2.05) is 36.4 Å². The normalized spacial score (nSPS) is 11.2. The monoisotopic (exact) mass is 411 g/mol. The molecule has 0 N–H and O–H groups in total. The Hall–Kier alpha value is -2.86. The van der Waals surface area contributed by atoms with Crippen molar-refractivity contribution in [3.8, 4) is 11.5 Å². The highest BCUT2D eigenvalue weighted by molar-refractivity contribution is 7.87. The summed E-state index contributed by atoms with van der Waals surface area (Å²) in [6.45, 7) is 2.54. The molecule has 1 heterocycles. The number of hydrogen-bond donors (Lipinski definition) is 0. The van der Waals surface area contributed by atoms with E-state index in [0.29, 0.717) is 12.4 Å². The van der Waals surface area contributed by atoms with E-state index in [1.54, 1.807) is 24.3 Å². The highest BCUT2D eigenvalue weighted by atomic mass is 32.2. The van der Waals surface area contributed by atoms with Gasteiger partial charge in [0.05, 0.1) is 0 Å². The van der Waals surface area contributed by atoms with E-state index in [9.17, 15) is 8.42 Å². The lowest BCUT2D eigenvalue weighted by molar-refractivity contribution is 0.305. The zero-order chi connectivity index (χ0) is 20.5. The smallest absolute Gasteiger partial charge is 0.356 e. The van der Waals surface area contributed by atoms with Crippen molar-refractivity contribution in [2.24, 2.45) is 0 Å². The van der Waals surface area contributed by atoms with Gasteiger partial charge in [-0.15, -0.1) is 0 Å². The molecule has 0 radical (unpaired) electrons. The third-order valence-corrected chi connectivity index (χ3v) is 5.52. The van der Waals surface area contributed by atoms with Crippen molar-refractivity contribution in [2.45, 2.75) is 44.2 Å². The van der Waals surface area contributed by atoms with Crippen LogP contribution in [0.3, 0.4) is 0 Å². The minimum atomic E-state index is -4.01. The fraction of sp³-hybridized carbons (Fsp3) is 0.261. The van der Waals surface area contributed by atoms with Gasteiger partial charge in [0.25, 0.3) is 0 Å². The Bertz CT molecular complexity index is 1010. The van der Waals surface area contributed by atoms with Crippen molar-refractivity contribution < 1.29 is 17.3 Å². The van der Waals surface area contributed by atoms with Gasteiger partial charge in [0.1, 0.15) is 18.1 Å². The van der Waals surface area contributed by atoms with E-state index in [1.165, 1.54) is 12.3 Å². The van der Waals surface area contributed by atoms with Crippen molar-refractivity contribution in [1.82, 2.24) is 4.98 Å². The number of aromatic nitrogens is 1. The van der Waals surface area contributed by atoms with Gasteiger partial charge in [-0.3, -0.25) is 0 Å². The first-order chi connectivity index (χ1) is 14.1. The first-order valence-electron chi connectivity index (χ1n) is 9.73. The van der Waals surface area contributed by atoms with Crippen LogP contribution in [-0.4, -0.2) is 13.4 Å².